The standard InChI is InChI=1S/C8H5BrF2O3/c9-7-4(10)2-5(12)3(8(7)11)1-6(13)14/h2,12H,1H2,(H,13,14). The van der Waals surface area contributed by atoms with Gasteiger partial charge in [-0.15, -0.1) is 0 Å². The Labute approximate surface area is 86.1 Å². The van der Waals surface area contributed by atoms with Crippen LogP contribution in [-0.4, -0.2) is 16.2 Å². The van der Waals surface area contributed by atoms with Crippen LogP contribution >= 0.6 is 15.9 Å². The van der Waals surface area contributed by atoms with Crippen molar-refractivity contribution >= 4 is 21.9 Å². The molecule has 0 aromatic heterocycles. The van der Waals surface area contributed by atoms with Gasteiger partial charge >= 0.3 is 5.97 Å². The van der Waals surface area contributed by atoms with E-state index in [0.717, 1.165) is 0 Å². The fourth-order valence-corrected chi connectivity index (χ4v) is 1.29. The average Bonchev–Trinajstić information content (AvgIpc) is 2.09. The maximum Gasteiger partial charge on any atom is 0.308 e. The molecule has 0 aliphatic rings. The zero-order chi connectivity index (χ0) is 10.9. The molecule has 1 rings (SSSR count). The van der Waals surface area contributed by atoms with Crippen molar-refractivity contribution in [2.24, 2.45) is 0 Å². The van der Waals surface area contributed by atoms with Crippen LogP contribution in [-0.2, 0) is 11.2 Å². The second-order valence-electron chi connectivity index (χ2n) is 2.55. The predicted octanol–water partition coefficient (Wildman–Crippen LogP) is 2.06. The molecule has 0 radical (unpaired) electrons. The number of hydrogen-bond acceptors (Lipinski definition) is 2. The molecule has 0 saturated heterocycles. The summed E-state index contributed by atoms with van der Waals surface area (Å²) in [6.07, 6.45) is -0.698. The molecule has 0 aliphatic heterocycles. The van der Waals surface area contributed by atoms with Crippen molar-refractivity contribution in [1.82, 2.24) is 0 Å². The van der Waals surface area contributed by atoms with E-state index < -0.39 is 39.8 Å². The van der Waals surface area contributed by atoms with Gasteiger partial charge in [-0.1, -0.05) is 0 Å². The third kappa shape index (κ3) is 2.01. The van der Waals surface area contributed by atoms with Crippen LogP contribution in [0.4, 0.5) is 8.78 Å². The molecule has 0 bridgehead atoms. The predicted molar refractivity (Wildman–Crippen MR) is 47.1 cm³/mol. The zero-order valence-corrected chi connectivity index (χ0v) is 8.31. The number of rotatable bonds is 2. The monoisotopic (exact) mass is 266 g/mol. The Bertz CT molecular complexity index is 393. The van der Waals surface area contributed by atoms with Gasteiger partial charge in [-0.2, -0.15) is 0 Å². The molecule has 0 spiro atoms. The van der Waals surface area contributed by atoms with E-state index in [0.29, 0.717) is 6.07 Å². The molecule has 0 heterocycles. The molecule has 1 aromatic rings. The first-order valence-electron chi connectivity index (χ1n) is 3.50. The minimum Gasteiger partial charge on any atom is -0.507 e. The average molecular weight is 267 g/mol. The van der Waals surface area contributed by atoms with Gasteiger partial charge in [-0.3, -0.25) is 4.79 Å². The summed E-state index contributed by atoms with van der Waals surface area (Å²) in [5.74, 6) is -4.08. The van der Waals surface area contributed by atoms with Gasteiger partial charge in [0.05, 0.1) is 10.9 Å². The number of halogens is 3. The molecule has 0 unspecified atom stereocenters. The van der Waals surface area contributed by atoms with Crippen LogP contribution in [0.5, 0.6) is 5.75 Å². The number of phenols is 1. The van der Waals surface area contributed by atoms with Crippen LogP contribution < -0.4 is 0 Å². The number of aromatic hydroxyl groups is 1. The van der Waals surface area contributed by atoms with Crippen LogP contribution in [0.2, 0.25) is 0 Å². The first-order valence-corrected chi connectivity index (χ1v) is 4.30. The van der Waals surface area contributed by atoms with Crippen molar-refractivity contribution in [1.29, 1.82) is 0 Å². The lowest BCUT2D eigenvalue weighted by Crippen LogP contribution is -2.04. The highest BCUT2D eigenvalue weighted by molar-refractivity contribution is 9.10. The summed E-state index contributed by atoms with van der Waals surface area (Å²) in [7, 11) is 0. The maximum absolute atomic E-state index is 13.2. The topological polar surface area (TPSA) is 57.5 Å². The lowest BCUT2D eigenvalue weighted by atomic mass is 10.1. The largest absolute Gasteiger partial charge is 0.507 e. The molecule has 0 fully saturated rings. The molecule has 2 N–H and O–H groups in total. The normalized spacial score (nSPS) is 10.2. The second kappa shape index (κ2) is 3.91. The van der Waals surface area contributed by atoms with Gasteiger partial charge in [0.1, 0.15) is 17.4 Å². The van der Waals surface area contributed by atoms with Crippen LogP contribution in [0.25, 0.3) is 0 Å². The summed E-state index contributed by atoms with van der Waals surface area (Å²) in [6, 6.07) is 0.658. The van der Waals surface area contributed by atoms with Crippen molar-refractivity contribution in [3.63, 3.8) is 0 Å². The number of carboxylic acid groups (broad SMARTS) is 1. The lowest BCUT2D eigenvalue weighted by molar-refractivity contribution is -0.136. The van der Waals surface area contributed by atoms with Gasteiger partial charge in [0, 0.05) is 11.6 Å². The number of aliphatic carboxylic acids is 1. The van der Waals surface area contributed by atoms with Gasteiger partial charge < -0.3 is 10.2 Å². The smallest absolute Gasteiger partial charge is 0.308 e. The lowest BCUT2D eigenvalue weighted by Gasteiger charge is -2.05. The molecular formula is C8H5BrF2O3. The fourth-order valence-electron chi connectivity index (χ4n) is 0.940. The molecular weight excluding hydrogens is 262 g/mol. The third-order valence-electron chi connectivity index (χ3n) is 1.57. The third-order valence-corrected chi connectivity index (χ3v) is 2.29. The van der Waals surface area contributed by atoms with Crippen LogP contribution in [0, 0.1) is 11.6 Å². The molecule has 0 atom stereocenters. The van der Waals surface area contributed by atoms with E-state index in [-0.39, 0.29) is 0 Å². The van der Waals surface area contributed by atoms with Gasteiger partial charge in [-0.25, -0.2) is 8.78 Å². The van der Waals surface area contributed by atoms with E-state index in [9.17, 15) is 13.6 Å². The van der Waals surface area contributed by atoms with Gasteiger partial charge in [0.15, 0.2) is 0 Å². The summed E-state index contributed by atoms with van der Waals surface area (Å²) in [5, 5.41) is 17.5. The Balaban J connectivity index is 3.29. The number of carboxylic acids is 1. The van der Waals surface area contributed by atoms with E-state index >= 15 is 0 Å². The second-order valence-corrected chi connectivity index (χ2v) is 3.35. The number of phenolic OH excluding ortho intramolecular Hbond substituents is 1. The van der Waals surface area contributed by atoms with Crippen LogP contribution in [0.15, 0.2) is 10.5 Å². The van der Waals surface area contributed by atoms with Gasteiger partial charge in [-0.05, 0) is 15.9 Å². The summed E-state index contributed by atoms with van der Waals surface area (Å²) < 4.78 is 25.5. The van der Waals surface area contributed by atoms with Crippen molar-refractivity contribution in [2.75, 3.05) is 0 Å². The molecule has 14 heavy (non-hydrogen) atoms. The van der Waals surface area contributed by atoms with Crippen molar-refractivity contribution in [2.45, 2.75) is 6.42 Å². The summed E-state index contributed by atoms with van der Waals surface area (Å²) >= 11 is 2.60. The highest BCUT2D eigenvalue weighted by Crippen LogP contribution is 2.29. The SMILES string of the molecule is O=C(O)Cc1c(O)cc(F)c(Br)c1F. The number of hydrogen-bond donors (Lipinski definition) is 2. The quantitative estimate of drug-likeness (QED) is 0.806. The van der Waals surface area contributed by atoms with Gasteiger partial charge in [0.25, 0.3) is 0 Å². The number of carbonyl (C=O) groups is 1. The van der Waals surface area contributed by atoms with Crippen molar-refractivity contribution in [3.05, 3.63) is 27.7 Å². The Kier molecular flexibility index (Phi) is 3.05. The molecule has 76 valence electrons. The minimum absolute atomic E-state index is 0.439. The van der Waals surface area contributed by atoms with E-state index in [1.807, 2.05) is 0 Å². The molecule has 0 saturated carbocycles. The summed E-state index contributed by atoms with van der Waals surface area (Å²) in [6.45, 7) is 0. The first-order chi connectivity index (χ1) is 6.43. The molecule has 6 heteroatoms. The summed E-state index contributed by atoms with van der Waals surface area (Å²) in [4.78, 5) is 10.3. The van der Waals surface area contributed by atoms with E-state index in [1.54, 1.807) is 0 Å². The van der Waals surface area contributed by atoms with E-state index in [1.165, 1.54) is 0 Å². The Hall–Kier alpha value is -1.17. The van der Waals surface area contributed by atoms with Crippen LogP contribution in [0.3, 0.4) is 0 Å². The highest BCUT2D eigenvalue weighted by Gasteiger charge is 2.18. The minimum atomic E-state index is -1.31. The van der Waals surface area contributed by atoms with E-state index in [4.69, 9.17) is 10.2 Å². The van der Waals surface area contributed by atoms with Crippen molar-refractivity contribution < 1.29 is 23.8 Å². The first kappa shape index (κ1) is 10.9. The molecule has 1 aromatic carbocycles. The summed E-state index contributed by atoms with van der Waals surface area (Å²) in [5.41, 5.74) is -0.439. The zero-order valence-electron chi connectivity index (χ0n) is 6.72. The molecule has 3 nitrogen and oxygen atoms in total. The highest BCUT2D eigenvalue weighted by atomic mass is 79.9. The fraction of sp³-hybridized carbons (Fsp3) is 0.125. The van der Waals surface area contributed by atoms with Crippen LogP contribution in [0.1, 0.15) is 5.56 Å². The van der Waals surface area contributed by atoms with E-state index in [2.05, 4.69) is 15.9 Å². The Morgan fingerprint density at radius 1 is 1.50 bits per heavy atom. The van der Waals surface area contributed by atoms with Crippen molar-refractivity contribution in [3.8, 4) is 5.75 Å². The van der Waals surface area contributed by atoms with Gasteiger partial charge in [0.2, 0.25) is 0 Å². The molecule has 0 aliphatic carbocycles. The Morgan fingerprint density at radius 3 is 2.57 bits per heavy atom. The maximum atomic E-state index is 13.2. The molecule has 0 amide bonds. The number of benzene rings is 1. The Morgan fingerprint density at radius 2 is 2.07 bits per heavy atom.